The predicted molar refractivity (Wildman–Crippen MR) is 80.1 cm³/mol. The quantitative estimate of drug-likeness (QED) is 0.679. The normalized spacial score (nSPS) is 12.9. The monoisotopic (exact) mass is 332 g/mol. The van der Waals surface area contributed by atoms with Gasteiger partial charge in [-0.3, -0.25) is 9.97 Å². The van der Waals surface area contributed by atoms with Crippen molar-refractivity contribution in [3.8, 4) is 0 Å². The van der Waals surface area contributed by atoms with E-state index in [9.17, 15) is 19.8 Å². The Kier molecular flexibility index (Phi) is 6.35. The van der Waals surface area contributed by atoms with E-state index in [4.69, 9.17) is 9.47 Å². The number of hydrogen-bond donors (Lipinski definition) is 2. The Morgan fingerprint density at radius 2 is 1.29 bits per heavy atom. The molecule has 0 aliphatic carbocycles. The zero-order chi connectivity index (χ0) is 17.4. The number of carbonyl (C=O) groups is 2. The fourth-order valence-electron chi connectivity index (χ4n) is 1.70. The van der Waals surface area contributed by atoms with Gasteiger partial charge in [-0.25, -0.2) is 9.59 Å². The number of esters is 2. The number of pyridine rings is 2. The smallest absolute Gasteiger partial charge is 0.338 e. The van der Waals surface area contributed by atoms with Gasteiger partial charge in [-0.15, -0.1) is 0 Å². The summed E-state index contributed by atoms with van der Waals surface area (Å²) < 4.78 is 9.63. The van der Waals surface area contributed by atoms with Gasteiger partial charge in [0.1, 0.15) is 13.2 Å². The average molecular weight is 332 g/mol. The van der Waals surface area contributed by atoms with Crippen LogP contribution in [0.2, 0.25) is 0 Å². The molecule has 8 nitrogen and oxygen atoms in total. The maximum Gasteiger partial charge on any atom is 0.338 e. The number of ether oxygens (including phenoxy) is 2. The molecule has 8 heteroatoms. The summed E-state index contributed by atoms with van der Waals surface area (Å²) in [5.41, 5.74) is 1.21. The molecular weight excluding hydrogens is 316 g/mol. The van der Waals surface area contributed by atoms with E-state index in [1.54, 1.807) is 36.7 Å². The van der Waals surface area contributed by atoms with Crippen LogP contribution in [0.5, 0.6) is 0 Å². The first-order valence-electron chi connectivity index (χ1n) is 7.05. The summed E-state index contributed by atoms with van der Waals surface area (Å²) in [6, 6.07) is 6.66. The van der Waals surface area contributed by atoms with Crippen molar-refractivity contribution in [2.75, 3.05) is 0 Å². The van der Waals surface area contributed by atoms with E-state index in [-0.39, 0.29) is 13.2 Å². The molecule has 0 radical (unpaired) electrons. The van der Waals surface area contributed by atoms with Crippen molar-refractivity contribution in [3.63, 3.8) is 0 Å². The Bertz CT molecular complexity index is 605. The van der Waals surface area contributed by atoms with Crippen LogP contribution in [0.1, 0.15) is 11.1 Å². The molecule has 2 unspecified atom stereocenters. The molecule has 0 aliphatic rings. The Morgan fingerprint density at radius 1 is 0.875 bits per heavy atom. The second kappa shape index (κ2) is 8.70. The Labute approximate surface area is 137 Å². The Morgan fingerprint density at radius 3 is 1.62 bits per heavy atom. The highest BCUT2D eigenvalue weighted by Crippen LogP contribution is 2.06. The summed E-state index contributed by atoms with van der Waals surface area (Å²) in [4.78, 5) is 31.0. The maximum atomic E-state index is 11.7. The zero-order valence-electron chi connectivity index (χ0n) is 12.6. The SMILES string of the molecule is O=C(OCc1cccnc1)C(O)C(O)C(=O)OCc1cccnc1. The van der Waals surface area contributed by atoms with E-state index in [0.717, 1.165) is 0 Å². The van der Waals surface area contributed by atoms with Crippen LogP contribution >= 0.6 is 0 Å². The third kappa shape index (κ3) is 5.11. The van der Waals surface area contributed by atoms with Crippen molar-refractivity contribution in [1.82, 2.24) is 9.97 Å². The van der Waals surface area contributed by atoms with Crippen LogP contribution in [-0.2, 0) is 32.3 Å². The number of rotatable bonds is 7. The van der Waals surface area contributed by atoms with Gasteiger partial charge in [-0.2, -0.15) is 0 Å². The van der Waals surface area contributed by atoms with Crippen molar-refractivity contribution in [1.29, 1.82) is 0 Å². The van der Waals surface area contributed by atoms with E-state index in [2.05, 4.69) is 9.97 Å². The summed E-state index contributed by atoms with van der Waals surface area (Å²) in [5.74, 6) is -2.27. The van der Waals surface area contributed by atoms with Crippen LogP contribution in [0.4, 0.5) is 0 Å². The molecule has 0 aromatic carbocycles. The third-order valence-electron chi connectivity index (χ3n) is 2.99. The first-order valence-corrected chi connectivity index (χ1v) is 7.05. The number of aliphatic hydroxyl groups excluding tert-OH is 2. The summed E-state index contributed by atoms with van der Waals surface area (Å²) in [6.45, 7) is -0.275. The number of carbonyl (C=O) groups excluding carboxylic acids is 2. The van der Waals surface area contributed by atoms with Gasteiger partial charge >= 0.3 is 11.9 Å². The summed E-state index contributed by atoms with van der Waals surface area (Å²) >= 11 is 0. The molecule has 0 saturated carbocycles. The van der Waals surface area contributed by atoms with Gasteiger partial charge < -0.3 is 19.7 Å². The molecule has 2 rings (SSSR count). The summed E-state index contributed by atoms with van der Waals surface area (Å²) in [7, 11) is 0. The van der Waals surface area contributed by atoms with E-state index in [0.29, 0.717) is 11.1 Å². The highest BCUT2D eigenvalue weighted by Gasteiger charge is 2.33. The number of hydrogen-bond acceptors (Lipinski definition) is 8. The van der Waals surface area contributed by atoms with Crippen LogP contribution in [0.15, 0.2) is 49.1 Å². The van der Waals surface area contributed by atoms with Gasteiger partial charge in [0.2, 0.25) is 0 Å². The second-order valence-corrected chi connectivity index (χ2v) is 4.83. The fraction of sp³-hybridized carbons (Fsp3) is 0.250. The minimum absolute atomic E-state index is 0.138. The molecular formula is C16H16N2O6. The molecule has 126 valence electrons. The predicted octanol–water partition coefficient (Wildman–Crippen LogP) is -0.0150. The van der Waals surface area contributed by atoms with Crippen molar-refractivity contribution >= 4 is 11.9 Å². The third-order valence-corrected chi connectivity index (χ3v) is 2.99. The Balaban J connectivity index is 1.80. The average Bonchev–Trinajstić information content (AvgIpc) is 2.64. The highest BCUT2D eigenvalue weighted by molar-refractivity contribution is 5.85. The molecule has 0 bridgehead atoms. The maximum absolute atomic E-state index is 11.7. The lowest BCUT2D eigenvalue weighted by atomic mass is 10.2. The molecule has 0 amide bonds. The standard InChI is InChI=1S/C16H16N2O6/c19-13(15(21)23-9-11-3-1-5-17-7-11)14(20)16(22)24-10-12-4-2-6-18-8-12/h1-8,13-14,19-20H,9-10H2. The van der Waals surface area contributed by atoms with Gasteiger partial charge in [0, 0.05) is 35.9 Å². The largest absolute Gasteiger partial charge is 0.459 e. The number of nitrogens with zero attached hydrogens (tertiary/aromatic N) is 2. The lowest BCUT2D eigenvalue weighted by Gasteiger charge is -2.16. The number of aliphatic hydroxyl groups is 2. The first kappa shape index (κ1) is 17.5. The van der Waals surface area contributed by atoms with E-state index in [1.165, 1.54) is 12.4 Å². The summed E-state index contributed by atoms with van der Waals surface area (Å²) in [6.07, 6.45) is 2.01. The first-order chi connectivity index (χ1) is 11.6. The van der Waals surface area contributed by atoms with Gasteiger partial charge in [-0.05, 0) is 12.1 Å². The molecule has 2 aromatic rings. The van der Waals surface area contributed by atoms with Crippen LogP contribution in [-0.4, -0.2) is 44.3 Å². The van der Waals surface area contributed by atoms with Gasteiger partial charge in [0.05, 0.1) is 0 Å². The second-order valence-electron chi connectivity index (χ2n) is 4.83. The molecule has 2 atom stereocenters. The van der Waals surface area contributed by atoms with Crippen LogP contribution in [0.25, 0.3) is 0 Å². The minimum Gasteiger partial charge on any atom is -0.459 e. The molecule has 0 fully saturated rings. The van der Waals surface area contributed by atoms with Crippen LogP contribution < -0.4 is 0 Å². The molecule has 24 heavy (non-hydrogen) atoms. The Hall–Kier alpha value is -2.84. The van der Waals surface area contributed by atoms with Gasteiger partial charge in [0.25, 0.3) is 0 Å². The molecule has 0 aliphatic heterocycles. The summed E-state index contributed by atoms with van der Waals surface area (Å²) in [5, 5.41) is 19.4. The van der Waals surface area contributed by atoms with Gasteiger partial charge in [0.15, 0.2) is 12.2 Å². The van der Waals surface area contributed by atoms with Crippen molar-refractivity contribution in [3.05, 3.63) is 60.2 Å². The molecule has 2 heterocycles. The van der Waals surface area contributed by atoms with Crippen molar-refractivity contribution in [2.45, 2.75) is 25.4 Å². The van der Waals surface area contributed by atoms with Crippen LogP contribution in [0.3, 0.4) is 0 Å². The zero-order valence-corrected chi connectivity index (χ0v) is 12.6. The van der Waals surface area contributed by atoms with Gasteiger partial charge in [-0.1, -0.05) is 12.1 Å². The van der Waals surface area contributed by atoms with Crippen molar-refractivity contribution in [2.24, 2.45) is 0 Å². The minimum atomic E-state index is -2.04. The van der Waals surface area contributed by atoms with Crippen LogP contribution in [0, 0.1) is 0 Å². The molecule has 2 N–H and O–H groups in total. The van der Waals surface area contributed by atoms with E-state index in [1.807, 2.05) is 0 Å². The topological polar surface area (TPSA) is 119 Å². The fourth-order valence-corrected chi connectivity index (χ4v) is 1.70. The molecule has 2 aromatic heterocycles. The van der Waals surface area contributed by atoms with E-state index < -0.39 is 24.1 Å². The highest BCUT2D eigenvalue weighted by atomic mass is 16.6. The molecule has 0 saturated heterocycles. The number of aromatic nitrogens is 2. The lowest BCUT2D eigenvalue weighted by molar-refractivity contribution is -0.174. The van der Waals surface area contributed by atoms with Crippen molar-refractivity contribution < 1.29 is 29.3 Å². The molecule has 0 spiro atoms. The van der Waals surface area contributed by atoms with E-state index >= 15 is 0 Å². The lowest BCUT2D eigenvalue weighted by Crippen LogP contribution is -2.41.